The van der Waals surface area contributed by atoms with Gasteiger partial charge in [-0.2, -0.15) is 0 Å². The van der Waals surface area contributed by atoms with E-state index in [0.717, 1.165) is 42.1 Å². The summed E-state index contributed by atoms with van der Waals surface area (Å²) >= 11 is 0. The average Bonchev–Trinajstić information content (AvgIpc) is 3.16. The summed E-state index contributed by atoms with van der Waals surface area (Å²) in [6.45, 7) is 11.4. The molecule has 0 bridgehead atoms. The van der Waals surface area contributed by atoms with Crippen LogP contribution in [0.15, 0.2) is 0 Å². The van der Waals surface area contributed by atoms with Gasteiger partial charge >= 0.3 is 0 Å². The number of nitrogens with two attached hydrogens (primary N) is 1. The lowest BCUT2D eigenvalue weighted by Gasteiger charge is -2.61. The van der Waals surface area contributed by atoms with Crippen LogP contribution in [0.1, 0.15) is 91.9 Å². The molecule has 2 aliphatic heterocycles. The summed E-state index contributed by atoms with van der Waals surface area (Å²) in [5.41, 5.74) is 7.44. The lowest BCUT2D eigenvalue weighted by Crippen LogP contribution is -2.57. The monoisotopic (exact) mass is 414 g/mol. The number of piperidine rings is 1. The molecule has 0 amide bonds. The predicted molar refractivity (Wildman–Crippen MR) is 122 cm³/mol. The second kappa shape index (κ2) is 6.70. The fourth-order valence-corrected chi connectivity index (χ4v) is 10.5. The van der Waals surface area contributed by atoms with Crippen LogP contribution in [-0.2, 0) is 4.74 Å². The quantitative estimate of drug-likeness (QED) is 0.563. The maximum absolute atomic E-state index is 7.03. The lowest BCUT2D eigenvalue weighted by atomic mass is 9.44. The van der Waals surface area contributed by atoms with Gasteiger partial charge in [0.15, 0.2) is 0 Å². The fourth-order valence-electron chi connectivity index (χ4n) is 10.5. The first-order valence-corrected chi connectivity index (χ1v) is 13.5. The molecule has 3 heteroatoms. The minimum Gasteiger partial charge on any atom is -0.357 e. The van der Waals surface area contributed by atoms with Crippen molar-refractivity contribution in [3.63, 3.8) is 0 Å². The molecular formula is C27H46N2O. The molecule has 4 aliphatic carbocycles. The van der Waals surface area contributed by atoms with Crippen LogP contribution in [0.25, 0.3) is 0 Å². The first kappa shape index (κ1) is 20.5. The summed E-state index contributed by atoms with van der Waals surface area (Å²) in [4.78, 5) is 0. The first-order chi connectivity index (χ1) is 14.3. The number of rotatable bonds is 0. The van der Waals surface area contributed by atoms with E-state index in [-0.39, 0.29) is 5.72 Å². The standard InChI is InChI=1S/C27H46N2O/c1-16-7-12-27(29-15-16)17(2)24-23(30-27)14-22-20-6-5-18-13-19(28)8-10-25(18,3)21(20)9-11-26(22,24)4/h16-24,29H,5-15,28H2,1-4H3/t16-,17-,18-,19?,20+,21-,22-,23-,24-,25-,26-,27-/m0/s1. The van der Waals surface area contributed by atoms with E-state index in [4.69, 9.17) is 10.5 Å². The van der Waals surface area contributed by atoms with E-state index in [1.54, 1.807) is 0 Å². The topological polar surface area (TPSA) is 47.3 Å². The smallest absolute Gasteiger partial charge is 0.122 e. The lowest BCUT2D eigenvalue weighted by molar-refractivity contribution is -0.133. The molecule has 0 aromatic rings. The van der Waals surface area contributed by atoms with Crippen molar-refractivity contribution < 1.29 is 4.74 Å². The van der Waals surface area contributed by atoms with Gasteiger partial charge in [-0.05, 0) is 111 Å². The zero-order valence-electron chi connectivity index (χ0n) is 20.0. The summed E-state index contributed by atoms with van der Waals surface area (Å²) in [7, 11) is 0. The third kappa shape index (κ3) is 2.61. The summed E-state index contributed by atoms with van der Waals surface area (Å²) in [5.74, 6) is 5.87. The zero-order chi connectivity index (χ0) is 20.9. The molecule has 6 fully saturated rings. The molecule has 1 spiro atoms. The zero-order valence-corrected chi connectivity index (χ0v) is 20.0. The highest BCUT2D eigenvalue weighted by Crippen LogP contribution is 2.70. The molecule has 6 aliphatic rings. The average molecular weight is 415 g/mol. The van der Waals surface area contributed by atoms with Crippen molar-refractivity contribution in [1.82, 2.24) is 5.32 Å². The summed E-state index contributed by atoms with van der Waals surface area (Å²) in [6.07, 6.45) is 14.1. The molecule has 6 rings (SSSR count). The molecule has 1 unspecified atom stereocenters. The van der Waals surface area contributed by atoms with E-state index in [1.165, 1.54) is 64.2 Å². The van der Waals surface area contributed by atoms with Crippen molar-refractivity contribution in [2.75, 3.05) is 6.54 Å². The maximum atomic E-state index is 7.03. The Balaban J connectivity index is 1.26. The minimum atomic E-state index is -0.0180. The predicted octanol–water partition coefficient (Wildman–Crippen LogP) is 5.33. The minimum absolute atomic E-state index is 0.0180. The van der Waals surface area contributed by atoms with E-state index in [9.17, 15) is 0 Å². The Kier molecular flexibility index (Phi) is 4.58. The Morgan fingerprint density at radius 1 is 0.867 bits per heavy atom. The molecule has 3 N–H and O–H groups in total. The molecular weight excluding hydrogens is 368 g/mol. The van der Waals surface area contributed by atoms with Crippen LogP contribution < -0.4 is 11.1 Å². The van der Waals surface area contributed by atoms with Gasteiger partial charge in [-0.1, -0.05) is 27.7 Å². The molecule has 3 nitrogen and oxygen atoms in total. The molecule has 0 aromatic carbocycles. The normalized spacial score (nSPS) is 62.5. The Bertz CT molecular complexity index is 686. The van der Waals surface area contributed by atoms with Crippen LogP contribution in [0.5, 0.6) is 0 Å². The van der Waals surface area contributed by atoms with Crippen LogP contribution >= 0.6 is 0 Å². The molecule has 0 radical (unpaired) electrons. The van der Waals surface area contributed by atoms with Gasteiger partial charge in [0.25, 0.3) is 0 Å². The molecule has 170 valence electrons. The Morgan fingerprint density at radius 2 is 1.67 bits per heavy atom. The van der Waals surface area contributed by atoms with Gasteiger partial charge in [-0.3, -0.25) is 5.32 Å². The van der Waals surface area contributed by atoms with Crippen LogP contribution in [0.4, 0.5) is 0 Å². The van der Waals surface area contributed by atoms with Gasteiger partial charge in [-0.15, -0.1) is 0 Å². The molecule has 2 saturated heterocycles. The maximum Gasteiger partial charge on any atom is 0.122 e. The Labute approximate surface area is 184 Å². The SMILES string of the molecule is C[C@H]1CC[C@]2(NC1)O[C@H]1C[C@H]3[C@@H]4CC[C@H]5CC(N)CC[C@]5(C)[C@H]4CC[C@]3(C)[C@H]1[C@@H]2C. The van der Waals surface area contributed by atoms with Gasteiger partial charge in [-0.25, -0.2) is 0 Å². The van der Waals surface area contributed by atoms with Gasteiger partial charge in [0, 0.05) is 18.5 Å². The molecule has 12 atom stereocenters. The molecule has 4 saturated carbocycles. The van der Waals surface area contributed by atoms with Crippen LogP contribution in [0.3, 0.4) is 0 Å². The van der Waals surface area contributed by atoms with Gasteiger partial charge < -0.3 is 10.5 Å². The van der Waals surface area contributed by atoms with Crippen molar-refractivity contribution in [2.24, 2.45) is 58.0 Å². The molecule has 30 heavy (non-hydrogen) atoms. The van der Waals surface area contributed by atoms with Crippen molar-refractivity contribution >= 4 is 0 Å². The highest BCUT2D eigenvalue weighted by molar-refractivity contribution is 5.16. The van der Waals surface area contributed by atoms with Crippen LogP contribution in [-0.4, -0.2) is 24.4 Å². The van der Waals surface area contributed by atoms with Gasteiger partial charge in [0.05, 0.1) is 6.10 Å². The molecule has 0 aromatic heterocycles. The van der Waals surface area contributed by atoms with Crippen LogP contribution in [0, 0.1) is 52.3 Å². The number of hydrogen-bond acceptors (Lipinski definition) is 3. The van der Waals surface area contributed by atoms with Crippen molar-refractivity contribution in [3.05, 3.63) is 0 Å². The number of fused-ring (bicyclic) bond motifs is 7. The van der Waals surface area contributed by atoms with Crippen molar-refractivity contribution in [2.45, 2.75) is 110 Å². The third-order valence-electron chi connectivity index (χ3n) is 12.2. The second-order valence-electron chi connectivity index (χ2n) is 13.4. The Morgan fingerprint density at radius 3 is 2.43 bits per heavy atom. The summed E-state index contributed by atoms with van der Waals surface area (Å²) < 4.78 is 7.03. The number of nitrogens with one attached hydrogen (secondary N) is 1. The van der Waals surface area contributed by atoms with Crippen molar-refractivity contribution in [3.8, 4) is 0 Å². The van der Waals surface area contributed by atoms with E-state index in [2.05, 4.69) is 33.0 Å². The van der Waals surface area contributed by atoms with E-state index in [1.807, 2.05) is 0 Å². The third-order valence-corrected chi connectivity index (χ3v) is 12.2. The Hall–Kier alpha value is -0.120. The first-order valence-electron chi connectivity index (χ1n) is 13.5. The highest BCUT2D eigenvalue weighted by atomic mass is 16.5. The fraction of sp³-hybridized carbons (Fsp3) is 1.00. The van der Waals surface area contributed by atoms with E-state index < -0.39 is 0 Å². The summed E-state index contributed by atoms with van der Waals surface area (Å²) in [5, 5.41) is 3.90. The second-order valence-corrected chi connectivity index (χ2v) is 13.4. The number of ether oxygens (including phenoxy) is 1. The van der Waals surface area contributed by atoms with Crippen LogP contribution in [0.2, 0.25) is 0 Å². The highest BCUT2D eigenvalue weighted by Gasteiger charge is 2.68. The largest absolute Gasteiger partial charge is 0.357 e. The molecule has 2 heterocycles. The van der Waals surface area contributed by atoms with Gasteiger partial charge in [0.2, 0.25) is 0 Å². The number of hydrogen-bond donors (Lipinski definition) is 2. The van der Waals surface area contributed by atoms with E-state index in [0.29, 0.717) is 28.9 Å². The van der Waals surface area contributed by atoms with Gasteiger partial charge in [0.1, 0.15) is 5.72 Å². The van der Waals surface area contributed by atoms with Crippen molar-refractivity contribution in [1.29, 1.82) is 0 Å². The van der Waals surface area contributed by atoms with E-state index >= 15 is 0 Å². The summed E-state index contributed by atoms with van der Waals surface area (Å²) in [6, 6.07) is 0.468.